The van der Waals surface area contributed by atoms with Crippen LogP contribution in [-0.2, 0) is 0 Å². The second-order valence-electron chi connectivity index (χ2n) is 16.3. The molecular formula is C56H50N2. The van der Waals surface area contributed by atoms with Gasteiger partial charge in [-0.2, -0.15) is 0 Å². The van der Waals surface area contributed by atoms with Crippen molar-refractivity contribution < 1.29 is 0 Å². The van der Waals surface area contributed by atoms with Gasteiger partial charge < -0.3 is 4.90 Å². The fourth-order valence-electron chi connectivity index (χ4n) is 8.94. The Morgan fingerprint density at radius 1 is 0.569 bits per heavy atom. The van der Waals surface area contributed by atoms with Crippen LogP contribution in [0.4, 0.5) is 11.4 Å². The van der Waals surface area contributed by atoms with E-state index in [1.807, 2.05) is 6.20 Å². The Hall–Kier alpha value is -6.51. The van der Waals surface area contributed by atoms with Crippen LogP contribution in [0.15, 0.2) is 170 Å². The Kier molecular flexibility index (Phi) is 10.3. The van der Waals surface area contributed by atoms with Gasteiger partial charge in [-0.3, -0.25) is 4.98 Å². The highest BCUT2D eigenvalue weighted by molar-refractivity contribution is 5.92. The molecular weight excluding hydrogens is 701 g/mol. The van der Waals surface area contributed by atoms with E-state index in [9.17, 15) is 0 Å². The summed E-state index contributed by atoms with van der Waals surface area (Å²) in [5.41, 5.74) is 20.9. The lowest BCUT2D eigenvalue weighted by molar-refractivity contribution is 0.642. The molecule has 0 saturated heterocycles. The zero-order chi connectivity index (χ0) is 39.6. The van der Waals surface area contributed by atoms with Crippen molar-refractivity contribution in [1.29, 1.82) is 0 Å². The predicted molar refractivity (Wildman–Crippen MR) is 246 cm³/mol. The fourth-order valence-corrected chi connectivity index (χ4v) is 8.94. The van der Waals surface area contributed by atoms with Crippen molar-refractivity contribution >= 4 is 34.7 Å². The van der Waals surface area contributed by atoms with Crippen LogP contribution >= 0.6 is 0 Å². The molecule has 58 heavy (non-hydrogen) atoms. The monoisotopic (exact) mass is 750 g/mol. The molecule has 0 spiro atoms. The maximum atomic E-state index is 4.86. The third kappa shape index (κ3) is 7.76. The van der Waals surface area contributed by atoms with E-state index in [2.05, 4.69) is 209 Å². The van der Waals surface area contributed by atoms with Gasteiger partial charge in [-0.1, -0.05) is 151 Å². The molecule has 1 aliphatic heterocycles. The molecule has 1 aromatic heterocycles. The van der Waals surface area contributed by atoms with Gasteiger partial charge in [-0.15, -0.1) is 0 Å². The van der Waals surface area contributed by atoms with Crippen molar-refractivity contribution in [3.8, 4) is 11.3 Å². The van der Waals surface area contributed by atoms with Crippen LogP contribution < -0.4 is 4.90 Å². The van der Waals surface area contributed by atoms with Crippen molar-refractivity contribution in [2.75, 3.05) is 4.90 Å². The van der Waals surface area contributed by atoms with Crippen molar-refractivity contribution in [2.24, 2.45) is 0 Å². The third-order valence-electron chi connectivity index (χ3n) is 12.0. The van der Waals surface area contributed by atoms with Crippen molar-refractivity contribution in [1.82, 2.24) is 4.98 Å². The average Bonchev–Trinajstić information content (AvgIpc) is 3.84. The lowest BCUT2D eigenvalue weighted by atomic mass is 9.92. The summed E-state index contributed by atoms with van der Waals surface area (Å²) in [5.74, 6) is 0.497. The fraction of sp³-hybridized carbons (Fsp3) is 0.161. The maximum Gasteiger partial charge on any atom is 0.0705 e. The molecule has 0 bridgehead atoms. The topological polar surface area (TPSA) is 16.1 Å². The molecule has 0 radical (unpaired) electrons. The van der Waals surface area contributed by atoms with Crippen molar-refractivity contribution in [3.63, 3.8) is 0 Å². The zero-order valence-corrected chi connectivity index (χ0v) is 34.0. The zero-order valence-electron chi connectivity index (χ0n) is 34.0. The highest BCUT2D eigenvalue weighted by Gasteiger charge is 2.42. The second-order valence-corrected chi connectivity index (χ2v) is 16.3. The molecule has 0 N–H and O–H groups in total. The highest BCUT2D eigenvalue weighted by atomic mass is 15.2. The van der Waals surface area contributed by atoms with Crippen LogP contribution in [-0.4, -0.2) is 11.0 Å². The smallest absolute Gasteiger partial charge is 0.0705 e. The Bertz CT molecular complexity index is 2610. The number of nitrogens with zero attached hydrogens (tertiary/aromatic N) is 2. The van der Waals surface area contributed by atoms with Gasteiger partial charge in [0.05, 0.1) is 5.69 Å². The molecule has 6 aromatic carbocycles. The van der Waals surface area contributed by atoms with E-state index in [0.717, 1.165) is 16.8 Å². The largest absolute Gasteiger partial charge is 0.337 e. The standard InChI is InChI=1S/C56H50N2/c1-38-16-23-45(24-17-38)50(46-25-18-39(2)19-26-46)13-8-10-42-33-48(54-32-41(4)30-31-57-54)37-49(34-42)58-55-15-9-14-51(55)53-36-43(22-29-56(53)58)35-52(44-11-6-5-7-12-44)47-27-20-40(3)21-28-47/h5-8,10-13,16-37,51,55H,9,14-15H2,1-4H3/b10-8+,52-35+. The van der Waals surface area contributed by atoms with Gasteiger partial charge in [0.2, 0.25) is 0 Å². The van der Waals surface area contributed by atoms with E-state index in [0.29, 0.717) is 12.0 Å². The summed E-state index contributed by atoms with van der Waals surface area (Å²) in [7, 11) is 0. The van der Waals surface area contributed by atoms with E-state index in [-0.39, 0.29) is 0 Å². The summed E-state index contributed by atoms with van der Waals surface area (Å²) < 4.78 is 0. The normalized spacial score (nSPS) is 16.1. The molecule has 2 unspecified atom stereocenters. The Balaban J connectivity index is 1.13. The van der Waals surface area contributed by atoms with Gasteiger partial charge >= 0.3 is 0 Å². The van der Waals surface area contributed by atoms with E-state index < -0.39 is 0 Å². The van der Waals surface area contributed by atoms with Gasteiger partial charge in [-0.05, 0) is 145 Å². The molecule has 7 aromatic rings. The minimum atomic E-state index is 0.423. The summed E-state index contributed by atoms with van der Waals surface area (Å²) in [5, 5.41) is 0. The van der Waals surface area contributed by atoms with E-state index in [1.54, 1.807) is 0 Å². The summed E-state index contributed by atoms with van der Waals surface area (Å²) in [6.45, 7) is 8.58. The number of pyridine rings is 1. The van der Waals surface area contributed by atoms with E-state index in [4.69, 9.17) is 4.98 Å². The lowest BCUT2D eigenvalue weighted by Crippen LogP contribution is -2.26. The van der Waals surface area contributed by atoms with Crippen LogP contribution in [0.5, 0.6) is 0 Å². The summed E-state index contributed by atoms with van der Waals surface area (Å²) in [6.07, 6.45) is 14.7. The van der Waals surface area contributed by atoms with Gasteiger partial charge in [0.15, 0.2) is 0 Å². The summed E-state index contributed by atoms with van der Waals surface area (Å²) in [6, 6.07) is 56.3. The third-order valence-corrected chi connectivity index (χ3v) is 12.0. The molecule has 284 valence electrons. The SMILES string of the molecule is Cc1ccc(C(=C/C=C/c2cc(-c3cc(C)ccn3)cc(N3c4ccc(/C=C(\c5ccccc5)c5ccc(C)cc5)cc4C4CCCC43)c2)c2ccc(C)cc2)cc1. The number of aromatic nitrogens is 1. The number of hydrogen-bond donors (Lipinski definition) is 0. The highest BCUT2D eigenvalue weighted by Crippen LogP contribution is 2.53. The number of hydrogen-bond acceptors (Lipinski definition) is 2. The van der Waals surface area contributed by atoms with Crippen molar-refractivity contribution in [2.45, 2.75) is 58.9 Å². The number of aryl methyl sites for hydroxylation is 4. The quantitative estimate of drug-likeness (QED) is 0.108. The lowest BCUT2D eigenvalue weighted by Gasteiger charge is -2.28. The summed E-state index contributed by atoms with van der Waals surface area (Å²) in [4.78, 5) is 7.51. The second kappa shape index (κ2) is 16.2. The van der Waals surface area contributed by atoms with Gasteiger partial charge in [0.25, 0.3) is 0 Å². The molecule has 2 nitrogen and oxygen atoms in total. The van der Waals surface area contributed by atoms with Crippen LogP contribution in [0.1, 0.15) is 86.4 Å². The Morgan fingerprint density at radius 3 is 1.86 bits per heavy atom. The maximum absolute atomic E-state index is 4.86. The van der Waals surface area contributed by atoms with Crippen LogP contribution in [0.2, 0.25) is 0 Å². The van der Waals surface area contributed by atoms with Crippen LogP contribution in [0, 0.1) is 27.7 Å². The number of benzene rings is 6. The first-order valence-electron chi connectivity index (χ1n) is 20.7. The molecule has 2 heteroatoms. The molecule has 1 fully saturated rings. The number of rotatable bonds is 9. The number of anilines is 2. The number of allylic oxidation sites excluding steroid dienone is 2. The van der Waals surface area contributed by atoms with Crippen LogP contribution in [0.3, 0.4) is 0 Å². The predicted octanol–water partition coefficient (Wildman–Crippen LogP) is 14.5. The molecule has 1 aliphatic carbocycles. The van der Waals surface area contributed by atoms with Crippen LogP contribution in [0.25, 0.3) is 34.6 Å². The average molecular weight is 751 g/mol. The Morgan fingerprint density at radius 2 is 1.21 bits per heavy atom. The number of fused-ring (bicyclic) bond motifs is 3. The first kappa shape index (κ1) is 37.1. The van der Waals surface area contributed by atoms with E-state index >= 15 is 0 Å². The molecule has 2 aliphatic rings. The minimum Gasteiger partial charge on any atom is -0.337 e. The minimum absolute atomic E-state index is 0.423. The molecule has 0 amide bonds. The van der Waals surface area contributed by atoms with Gasteiger partial charge in [0, 0.05) is 35.1 Å². The molecule has 2 heterocycles. The molecule has 9 rings (SSSR count). The van der Waals surface area contributed by atoms with E-state index in [1.165, 1.54) is 97.4 Å². The molecule has 2 atom stereocenters. The van der Waals surface area contributed by atoms with Crippen molar-refractivity contribution in [3.05, 3.63) is 231 Å². The molecule has 1 saturated carbocycles. The summed E-state index contributed by atoms with van der Waals surface area (Å²) >= 11 is 0. The van der Waals surface area contributed by atoms with Gasteiger partial charge in [0.1, 0.15) is 0 Å². The first-order valence-corrected chi connectivity index (χ1v) is 20.7. The Labute approximate surface area is 344 Å². The first-order chi connectivity index (χ1) is 28.4. The van der Waals surface area contributed by atoms with Gasteiger partial charge in [-0.25, -0.2) is 0 Å².